The topological polar surface area (TPSA) is 46.5 Å². The maximum absolute atomic E-state index is 11.3. The summed E-state index contributed by atoms with van der Waals surface area (Å²) in [5.74, 6) is -0.630. The van der Waals surface area contributed by atoms with Crippen molar-refractivity contribution in [3.63, 3.8) is 0 Å². The van der Waals surface area contributed by atoms with Crippen LogP contribution in [0.25, 0.3) is 6.08 Å². The summed E-state index contributed by atoms with van der Waals surface area (Å²) in [6, 6.07) is 9.76. The number of rotatable bonds is 5. The van der Waals surface area contributed by atoms with Gasteiger partial charge in [-0.15, -0.1) is 0 Å². The first-order valence-electron chi connectivity index (χ1n) is 5.88. The number of aliphatic hydroxyl groups is 1. The predicted molar refractivity (Wildman–Crippen MR) is 71.9 cm³/mol. The number of aliphatic hydroxyl groups excluding tert-OH is 1. The highest BCUT2D eigenvalue weighted by Crippen LogP contribution is 2.01. The maximum atomic E-state index is 11.3. The van der Waals surface area contributed by atoms with E-state index >= 15 is 0 Å². The number of hydrogen-bond acceptors (Lipinski definition) is 3. The van der Waals surface area contributed by atoms with Crippen LogP contribution in [0, 0.1) is 0 Å². The Morgan fingerprint density at radius 2 is 1.89 bits per heavy atom. The molecule has 0 saturated heterocycles. The standard InChI is InChI=1S/C15H18O3/c1-12(2)18-15(17)14(16)11-7-6-10-13-8-4-3-5-9-13/h3-12,14,16H,1-2H3/b10-6+,11-7+. The normalized spacial score (nSPS) is 13.3. The van der Waals surface area contributed by atoms with Crippen LogP contribution in [-0.4, -0.2) is 23.3 Å². The quantitative estimate of drug-likeness (QED) is 0.641. The zero-order valence-electron chi connectivity index (χ0n) is 10.6. The van der Waals surface area contributed by atoms with E-state index in [0.29, 0.717) is 0 Å². The average Bonchev–Trinajstić information content (AvgIpc) is 2.34. The highest BCUT2D eigenvalue weighted by molar-refractivity contribution is 5.76. The lowest BCUT2D eigenvalue weighted by Gasteiger charge is -2.09. The fourth-order valence-corrected chi connectivity index (χ4v) is 1.28. The molecule has 0 aliphatic carbocycles. The second kappa shape index (κ2) is 7.45. The second-order valence-electron chi connectivity index (χ2n) is 4.09. The van der Waals surface area contributed by atoms with E-state index in [9.17, 15) is 9.90 Å². The minimum Gasteiger partial charge on any atom is -0.461 e. The zero-order valence-corrected chi connectivity index (χ0v) is 10.6. The van der Waals surface area contributed by atoms with Crippen LogP contribution in [0.2, 0.25) is 0 Å². The summed E-state index contributed by atoms with van der Waals surface area (Å²) in [5, 5.41) is 9.47. The zero-order chi connectivity index (χ0) is 13.4. The van der Waals surface area contributed by atoms with Crippen molar-refractivity contribution in [3.8, 4) is 0 Å². The van der Waals surface area contributed by atoms with Crippen LogP contribution in [0.15, 0.2) is 48.6 Å². The summed E-state index contributed by atoms with van der Waals surface area (Å²) in [6.07, 6.45) is 5.23. The Labute approximate surface area is 107 Å². The first kappa shape index (κ1) is 14.2. The molecule has 0 bridgehead atoms. The van der Waals surface area contributed by atoms with E-state index < -0.39 is 12.1 Å². The molecule has 0 amide bonds. The molecule has 1 rings (SSSR count). The van der Waals surface area contributed by atoms with E-state index in [1.165, 1.54) is 6.08 Å². The summed E-state index contributed by atoms with van der Waals surface area (Å²) in [5.41, 5.74) is 1.06. The van der Waals surface area contributed by atoms with Gasteiger partial charge in [0.1, 0.15) is 0 Å². The van der Waals surface area contributed by atoms with Gasteiger partial charge in [0.25, 0.3) is 0 Å². The SMILES string of the molecule is CC(C)OC(=O)C(O)/C=C/C=C/c1ccccc1. The third-order valence-corrected chi connectivity index (χ3v) is 2.09. The van der Waals surface area contributed by atoms with E-state index in [1.807, 2.05) is 36.4 Å². The molecule has 0 saturated carbocycles. The molecule has 0 fully saturated rings. The van der Waals surface area contributed by atoms with E-state index in [-0.39, 0.29) is 6.10 Å². The average molecular weight is 246 g/mol. The molecule has 1 aromatic rings. The molecular weight excluding hydrogens is 228 g/mol. The van der Waals surface area contributed by atoms with Gasteiger partial charge in [-0.1, -0.05) is 48.6 Å². The highest BCUT2D eigenvalue weighted by atomic mass is 16.6. The van der Waals surface area contributed by atoms with Gasteiger partial charge in [0, 0.05) is 0 Å². The Morgan fingerprint density at radius 1 is 1.22 bits per heavy atom. The molecule has 0 heterocycles. The smallest absolute Gasteiger partial charge is 0.339 e. The van der Waals surface area contributed by atoms with Gasteiger partial charge in [0.15, 0.2) is 6.10 Å². The van der Waals surface area contributed by atoms with Crippen LogP contribution in [0.4, 0.5) is 0 Å². The van der Waals surface area contributed by atoms with Gasteiger partial charge in [-0.2, -0.15) is 0 Å². The van der Waals surface area contributed by atoms with Gasteiger partial charge in [-0.05, 0) is 25.5 Å². The van der Waals surface area contributed by atoms with Crippen LogP contribution in [-0.2, 0) is 9.53 Å². The van der Waals surface area contributed by atoms with Crippen LogP contribution in [0.1, 0.15) is 19.4 Å². The van der Waals surface area contributed by atoms with E-state index in [2.05, 4.69) is 0 Å². The van der Waals surface area contributed by atoms with Gasteiger partial charge in [0.2, 0.25) is 0 Å². The number of benzene rings is 1. The monoisotopic (exact) mass is 246 g/mol. The Hall–Kier alpha value is -1.87. The molecule has 0 radical (unpaired) electrons. The van der Waals surface area contributed by atoms with Gasteiger partial charge in [-0.3, -0.25) is 0 Å². The van der Waals surface area contributed by atoms with Gasteiger partial charge >= 0.3 is 5.97 Å². The summed E-state index contributed by atoms with van der Waals surface area (Å²) in [7, 11) is 0. The number of carbonyl (C=O) groups excluding carboxylic acids is 1. The Kier molecular flexibility index (Phi) is 5.88. The number of ether oxygens (including phenoxy) is 1. The molecule has 18 heavy (non-hydrogen) atoms. The Morgan fingerprint density at radius 3 is 2.50 bits per heavy atom. The van der Waals surface area contributed by atoms with Crippen molar-refractivity contribution in [3.05, 3.63) is 54.1 Å². The molecular formula is C15H18O3. The predicted octanol–water partition coefficient (Wildman–Crippen LogP) is 2.57. The second-order valence-corrected chi connectivity index (χ2v) is 4.09. The Balaban J connectivity index is 2.45. The van der Waals surface area contributed by atoms with Crippen molar-refractivity contribution >= 4 is 12.0 Å². The number of hydrogen-bond donors (Lipinski definition) is 1. The summed E-state index contributed by atoms with van der Waals surface area (Å²) < 4.78 is 4.86. The molecule has 0 aliphatic heterocycles. The lowest BCUT2D eigenvalue weighted by atomic mass is 10.2. The van der Waals surface area contributed by atoms with E-state index in [1.54, 1.807) is 26.0 Å². The lowest BCUT2D eigenvalue weighted by Crippen LogP contribution is -2.23. The summed E-state index contributed by atoms with van der Waals surface area (Å²) >= 11 is 0. The minimum atomic E-state index is -1.21. The van der Waals surface area contributed by atoms with Crippen molar-refractivity contribution < 1.29 is 14.6 Å². The minimum absolute atomic E-state index is 0.222. The van der Waals surface area contributed by atoms with Crippen LogP contribution < -0.4 is 0 Å². The van der Waals surface area contributed by atoms with E-state index in [0.717, 1.165) is 5.56 Å². The third kappa shape index (κ3) is 5.46. The van der Waals surface area contributed by atoms with Crippen molar-refractivity contribution in [2.24, 2.45) is 0 Å². The van der Waals surface area contributed by atoms with Crippen molar-refractivity contribution in [1.29, 1.82) is 0 Å². The molecule has 0 aliphatic rings. The van der Waals surface area contributed by atoms with E-state index in [4.69, 9.17) is 4.74 Å². The molecule has 1 unspecified atom stereocenters. The summed E-state index contributed by atoms with van der Waals surface area (Å²) in [4.78, 5) is 11.3. The van der Waals surface area contributed by atoms with Crippen molar-refractivity contribution in [1.82, 2.24) is 0 Å². The Bertz CT molecular complexity index is 419. The molecule has 1 N–H and O–H groups in total. The largest absolute Gasteiger partial charge is 0.461 e. The maximum Gasteiger partial charge on any atom is 0.339 e. The molecule has 3 nitrogen and oxygen atoms in total. The van der Waals surface area contributed by atoms with Gasteiger partial charge < -0.3 is 9.84 Å². The number of allylic oxidation sites excluding steroid dienone is 2. The molecule has 0 spiro atoms. The van der Waals surface area contributed by atoms with Crippen LogP contribution in [0.5, 0.6) is 0 Å². The van der Waals surface area contributed by atoms with Crippen molar-refractivity contribution in [2.45, 2.75) is 26.1 Å². The third-order valence-electron chi connectivity index (χ3n) is 2.09. The molecule has 96 valence electrons. The first-order chi connectivity index (χ1) is 8.59. The van der Waals surface area contributed by atoms with Gasteiger partial charge in [0.05, 0.1) is 6.10 Å². The van der Waals surface area contributed by atoms with Gasteiger partial charge in [-0.25, -0.2) is 4.79 Å². The molecule has 1 atom stereocenters. The molecule has 1 aromatic carbocycles. The number of esters is 1. The van der Waals surface area contributed by atoms with Crippen LogP contribution in [0.3, 0.4) is 0 Å². The lowest BCUT2D eigenvalue weighted by molar-refractivity contribution is -0.154. The first-order valence-corrected chi connectivity index (χ1v) is 5.88. The fourth-order valence-electron chi connectivity index (χ4n) is 1.28. The molecule has 0 aromatic heterocycles. The van der Waals surface area contributed by atoms with Crippen LogP contribution >= 0.6 is 0 Å². The highest BCUT2D eigenvalue weighted by Gasteiger charge is 2.13. The molecule has 3 heteroatoms. The fraction of sp³-hybridized carbons (Fsp3) is 0.267. The summed E-state index contributed by atoms with van der Waals surface area (Å²) in [6.45, 7) is 3.48. The van der Waals surface area contributed by atoms with Crippen molar-refractivity contribution in [2.75, 3.05) is 0 Å². The number of carbonyl (C=O) groups is 1.